The largest absolute Gasteiger partial charge is 0.573 e. The molecule has 0 aliphatic carbocycles. The number of carbonyl (C=O) groups is 1. The summed E-state index contributed by atoms with van der Waals surface area (Å²) in [6.07, 6.45) is -1.70. The van der Waals surface area contributed by atoms with Gasteiger partial charge in [0.1, 0.15) is 5.75 Å². The summed E-state index contributed by atoms with van der Waals surface area (Å²) in [6.45, 7) is 6.43. The van der Waals surface area contributed by atoms with E-state index in [1.807, 2.05) is 32.8 Å². The third-order valence-electron chi connectivity index (χ3n) is 6.83. The van der Waals surface area contributed by atoms with Gasteiger partial charge in [-0.3, -0.25) is 14.5 Å². The third kappa shape index (κ3) is 6.85. The first-order chi connectivity index (χ1) is 18.8. The molecule has 0 bridgehead atoms. The summed E-state index contributed by atoms with van der Waals surface area (Å²) in [7, 11) is 3.78. The SMILES string of the molecule is Cc1ccc(NC(=O)c2cc(OC(F)(F)F)cc(N3CCN(C)CC3)c2)cc1N(N)/C=C(\N)c1cnn(C)c1C. The fourth-order valence-corrected chi connectivity index (χ4v) is 4.39. The number of carbonyl (C=O) groups excluding carboxylic acids is 1. The molecule has 1 saturated heterocycles. The average molecular weight is 559 g/mol. The number of alkyl halides is 3. The van der Waals surface area contributed by atoms with Crippen molar-refractivity contribution in [3.05, 3.63) is 71.2 Å². The molecule has 10 nitrogen and oxygen atoms in total. The highest BCUT2D eigenvalue weighted by molar-refractivity contribution is 6.05. The van der Waals surface area contributed by atoms with Gasteiger partial charge in [-0.2, -0.15) is 5.10 Å². The highest BCUT2D eigenvalue weighted by Crippen LogP contribution is 2.31. The summed E-state index contributed by atoms with van der Waals surface area (Å²) in [5.74, 6) is 5.24. The Morgan fingerprint density at radius 1 is 1.10 bits per heavy atom. The van der Waals surface area contributed by atoms with Gasteiger partial charge in [0.15, 0.2) is 0 Å². The topological polar surface area (TPSA) is 118 Å². The van der Waals surface area contributed by atoms with E-state index in [1.165, 1.54) is 11.1 Å². The normalized spacial score (nSPS) is 14.8. The fraction of sp³-hybridized carbons (Fsp3) is 0.333. The second-order valence-electron chi connectivity index (χ2n) is 9.77. The van der Waals surface area contributed by atoms with Crippen molar-refractivity contribution in [1.82, 2.24) is 14.7 Å². The minimum atomic E-state index is -4.89. The lowest BCUT2D eigenvalue weighted by atomic mass is 10.1. The molecule has 1 fully saturated rings. The molecule has 0 saturated carbocycles. The molecule has 13 heteroatoms. The highest BCUT2D eigenvalue weighted by Gasteiger charge is 2.32. The van der Waals surface area contributed by atoms with Gasteiger partial charge in [0.05, 0.1) is 17.6 Å². The Morgan fingerprint density at radius 2 is 1.80 bits per heavy atom. The van der Waals surface area contributed by atoms with E-state index in [0.29, 0.717) is 35.8 Å². The van der Waals surface area contributed by atoms with Crippen molar-refractivity contribution >= 4 is 28.7 Å². The Labute approximate surface area is 230 Å². The van der Waals surface area contributed by atoms with Gasteiger partial charge in [-0.1, -0.05) is 6.07 Å². The molecule has 3 aromatic rings. The number of halogens is 3. The molecule has 2 aromatic carbocycles. The molecular weight excluding hydrogens is 525 g/mol. The second-order valence-corrected chi connectivity index (χ2v) is 9.77. The maximum Gasteiger partial charge on any atom is 0.573 e. The number of rotatable bonds is 7. The van der Waals surface area contributed by atoms with Crippen LogP contribution in [0.4, 0.5) is 30.2 Å². The summed E-state index contributed by atoms with van der Waals surface area (Å²) in [5.41, 5.74) is 10.5. The number of piperazine rings is 1. The number of likely N-dealkylation sites (N-methyl/N-ethyl adjacent to an activating group) is 1. The van der Waals surface area contributed by atoms with Gasteiger partial charge in [0.25, 0.3) is 5.91 Å². The van der Waals surface area contributed by atoms with Crippen molar-refractivity contribution in [2.24, 2.45) is 18.6 Å². The number of aromatic nitrogens is 2. The predicted molar refractivity (Wildman–Crippen MR) is 149 cm³/mol. The van der Waals surface area contributed by atoms with Crippen LogP contribution in [0.25, 0.3) is 5.70 Å². The summed E-state index contributed by atoms with van der Waals surface area (Å²) < 4.78 is 45.0. The third-order valence-corrected chi connectivity index (χ3v) is 6.83. The highest BCUT2D eigenvalue weighted by atomic mass is 19.4. The van der Waals surface area contributed by atoms with Crippen LogP contribution in [0.15, 0.2) is 48.8 Å². The van der Waals surface area contributed by atoms with E-state index in [1.54, 1.807) is 41.3 Å². The minimum Gasteiger partial charge on any atom is -0.406 e. The Balaban J connectivity index is 1.58. The average Bonchev–Trinajstić information content (AvgIpc) is 3.22. The van der Waals surface area contributed by atoms with Crippen LogP contribution in [0.5, 0.6) is 5.75 Å². The van der Waals surface area contributed by atoms with Crippen LogP contribution >= 0.6 is 0 Å². The summed E-state index contributed by atoms with van der Waals surface area (Å²) in [5, 5.41) is 8.29. The van der Waals surface area contributed by atoms with E-state index >= 15 is 0 Å². The van der Waals surface area contributed by atoms with Crippen molar-refractivity contribution in [2.45, 2.75) is 20.2 Å². The lowest BCUT2D eigenvalue weighted by molar-refractivity contribution is -0.274. The van der Waals surface area contributed by atoms with Crippen LogP contribution in [-0.2, 0) is 7.05 Å². The molecule has 5 N–H and O–H groups in total. The summed E-state index contributed by atoms with van der Waals surface area (Å²) in [4.78, 5) is 17.3. The van der Waals surface area contributed by atoms with Crippen molar-refractivity contribution in [3.63, 3.8) is 0 Å². The Hall–Kier alpha value is -4.23. The van der Waals surface area contributed by atoms with Gasteiger partial charge in [-0.25, -0.2) is 5.84 Å². The molecule has 1 aliphatic rings. The molecule has 0 radical (unpaired) electrons. The number of benzene rings is 2. The van der Waals surface area contributed by atoms with Crippen LogP contribution < -0.4 is 31.5 Å². The number of hydrogen-bond acceptors (Lipinski definition) is 8. The van der Waals surface area contributed by atoms with E-state index in [-0.39, 0.29) is 5.56 Å². The Bertz CT molecular complexity index is 1410. The van der Waals surface area contributed by atoms with Gasteiger partial charge < -0.3 is 25.6 Å². The standard InChI is InChI=1S/C27H33F3N8O2/c1-17-5-6-20(13-25(17)38(32)16-24(31)23-15-33-36(4)18(23)2)34-26(39)19-11-21(37-9-7-35(3)8-10-37)14-22(12-19)40-27(28,29)30/h5-6,11-16H,7-10,31-32H2,1-4H3,(H,34,39)/b24-16-. The number of hydrogen-bond donors (Lipinski definition) is 3. The van der Waals surface area contributed by atoms with Gasteiger partial charge >= 0.3 is 6.36 Å². The first-order valence-electron chi connectivity index (χ1n) is 12.6. The van der Waals surface area contributed by atoms with Crippen molar-refractivity contribution in [1.29, 1.82) is 0 Å². The van der Waals surface area contributed by atoms with E-state index in [2.05, 4.69) is 20.1 Å². The van der Waals surface area contributed by atoms with Crippen molar-refractivity contribution in [3.8, 4) is 5.75 Å². The molecule has 1 amide bonds. The molecule has 0 spiro atoms. The summed E-state index contributed by atoms with van der Waals surface area (Å²) in [6, 6.07) is 9.04. The monoisotopic (exact) mass is 558 g/mol. The van der Waals surface area contributed by atoms with E-state index in [4.69, 9.17) is 11.6 Å². The zero-order valence-corrected chi connectivity index (χ0v) is 22.8. The van der Waals surface area contributed by atoms with E-state index in [9.17, 15) is 18.0 Å². The fourth-order valence-electron chi connectivity index (χ4n) is 4.39. The van der Waals surface area contributed by atoms with E-state index < -0.39 is 18.0 Å². The van der Waals surface area contributed by atoms with Crippen LogP contribution in [-0.4, -0.2) is 60.2 Å². The molecule has 1 aromatic heterocycles. The number of ether oxygens (including phenoxy) is 1. The van der Waals surface area contributed by atoms with Crippen molar-refractivity contribution in [2.75, 3.05) is 48.5 Å². The van der Waals surface area contributed by atoms with Gasteiger partial charge in [-0.15, -0.1) is 13.2 Å². The smallest absolute Gasteiger partial charge is 0.406 e. The quantitative estimate of drug-likeness (QED) is 0.298. The molecule has 0 unspecified atom stereocenters. The van der Waals surface area contributed by atoms with Gasteiger partial charge in [-0.05, 0) is 50.7 Å². The molecule has 0 atom stereocenters. The number of nitrogens with one attached hydrogen (secondary N) is 1. The van der Waals surface area contributed by atoms with E-state index in [0.717, 1.165) is 36.0 Å². The van der Waals surface area contributed by atoms with Gasteiger partial charge in [0, 0.05) is 73.7 Å². The predicted octanol–water partition coefficient (Wildman–Crippen LogP) is 3.58. The lowest BCUT2D eigenvalue weighted by Gasteiger charge is -2.34. The van der Waals surface area contributed by atoms with Crippen LogP contribution in [0.3, 0.4) is 0 Å². The van der Waals surface area contributed by atoms with Crippen LogP contribution in [0.1, 0.15) is 27.2 Å². The van der Waals surface area contributed by atoms with Gasteiger partial charge in [0.2, 0.25) is 0 Å². The molecule has 2 heterocycles. The molecule has 1 aliphatic heterocycles. The number of amides is 1. The number of nitrogens with two attached hydrogens (primary N) is 2. The minimum absolute atomic E-state index is 0.0265. The van der Waals surface area contributed by atoms with Crippen LogP contribution in [0.2, 0.25) is 0 Å². The lowest BCUT2D eigenvalue weighted by Crippen LogP contribution is -2.44. The van der Waals surface area contributed by atoms with Crippen molar-refractivity contribution < 1.29 is 22.7 Å². The first kappa shape index (κ1) is 28.8. The summed E-state index contributed by atoms with van der Waals surface area (Å²) >= 11 is 0. The zero-order chi connectivity index (χ0) is 29.2. The molecule has 214 valence electrons. The molecule has 4 rings (SSSR count). The maximum absolute atomic E-state index is 13.2. The van der Waals surface area contributed by atoms with Crippen LogP contribution in [0, 0.1) is 13.8 Å². The molecular formula is C27H33F3N8O2. The first-order valence-corrected chi connectivity index (χ1v) is 12.6. The number of nitrogens with zero attached hydrogens (tertiary/aromatic N) is 5. The molecule has 40 heavy (non-hydrogen) atoms. The Morgan fingerprint density at radius 3 is 2.42 bits per heavy atom. The number of aryl methyl sites for hydroxylation is 2. The Kier molecular flexibility index (Phi) is 8.26. The second kappa shape index (κ2) is 11.5. The number of anilines is 3. The maximum atomic E-state index is 13.2. The zero-order valence-electron chi connectivity index (χ0n) is 22.8. The number of hydrazine groups is 1.